The number of fused-ring (bicyclic) bond motifs is 1. The zero-order chi connectivity index (χ0) is 13.1. The summed E-state index contributed by atoms with van der Waals surface area (Å²) >= 11 is 0. The van der Waals surface area contributed by atoms with Crippen LogP contribution in [0.25, 0.3) is 0 Å². The van der Waals surface area contributed by atoms with Crippen molar-refractivity contribution in [3.8, 4) is 0 Å². The molecule has 0 amide bonds. The summed E-state index contributed by atoms with van der Waals surface area (Å²) in [5.74, 6) is 1.71. The number of benzene rings is 1. The van der Waals surface area contributed by atoms with Gasteiger partial charge in [-0.25, -0.2) is 0 Å². The van der Waals surface area contributed by atoms with Crippen LogP contribution in [0.15, 0.2) is 24.3 Å². The molecule has 2 aliphatic rings. The van der Waals surface area contributed by atoms with Gasteiger partial charge in [0.1, 0.15) is 0 Å². The van der Waals surface area contributed by atoms with E-state index in [1.165, 1.54) is 51.5 Å². The van der Waals surface area contributed by atoms with E-state index in [-0.39, 0.29) is 0 Å². The van der Waals surface area contributed by atoms with Crippen molar-refractivity contribution in [1.29, 1.82) is 0 Å². The molecule has 104 valence electrons. The molecular weight excluding hydrogens is 230 g/mol. The van der Waals surface area contributed by atoms with Crippen molar-refractivity contribution < 1.29 is 0 Å². The quantitative estimate of drug-likeness (QED) is 0.852. The van der Waals surface area contributed by atoms with Crippen LogP contribution in [-0.4, -0.2) is 12.6 Å². The van der Waals surface area contributed by atoms with Crippen LogP contribution in [0.3, 0.4) is 0 Å². The van der Waals surface area contributed by atoms with Gasteiger partial charge in [0.2, 0.25) is 0 Å². The normalized spacial score (nSPS) is 30.9. The van der Waals surface area contributed by atoms with E-state index >= 15 is 0 Å². The van der Waals surface area contributed by atoms with Crippen molar-refractivity contribution in [1.82, 2.24) is 5.32 Å². The van der Waals surface area contributed by atoms with Crippen molar-refractivity contribution in [3.63, 3.8) is 0 Å². The highest BCUT2D eigenvalue weighted by Crippen LogP contribution is 2.31. The monoisotopic (exact) mass is 257 g/mol. The standard InChI is InChI=1S/C18H27N/c1-14-9-11-17(12-10-14)19-13-16-7-4-6-15-5-2-3-8-18(15)16/h2-3,5,8,14,16-17,19H,4,6-7,9-13H2,1H3. The van der Waals surface area contributed by atoms with E-state index in [2.05, 4.69) is 36.5 Å². The Hall–Kier alpha value is -0.820. The first-order valence-corrected chi connectivity index (χ1v) is 8.14. The van der Waals surface area contributed by atoms with E-state index in [9.17, 15) is 0 Å². The molecule has 0 aromatic heterocycles. The highest BCUT2D eigenvalue weighted by molar-refractivity contribution is 5.32. The molecule has 0 saturated heterocycles. The fourth-order valence-corrected chi connectivity index (χ4v) is 3.84. The third-order valence-electron chi connectivity index (χ3n) is 5.16. The zero-order valence-electron chi connectivity index (χ0n) is 12.2. The van der Waals surface area contributed by atoms with Gasteiger partial charge in [-0.2, -0.15) is 0 Å². The first-order valence-electron chi connectivity index (χ1n) is 8.14. The molecular formula is C18H27N. The third-order valence-corrected chi connectivity index (χ3v) is 5.16. The van der Waals surface area contributed by atoms with E-state index < -0.39 is 0 Å². The summed E-state index contributed by atoms with van der Waals surface area (Å²) in [7, 11) is 0. The van der Waals surface area contributed by atoms with Gasteiger partial charge in [-0.3, -0.25) is 0 Å². The van der Waals surface area contributed by atoms with Gasteiger partial charge in [-0.1, -0.05) is 31.2 Å². The highest BCUT2D eigenvalue weighted by Gasteiger charge is 2.22. The lowest BCUT2D eigenvalue weighted by Crippen LogP contribution is -2.36. The predicted octanol–water partition coefficient (Wildman–Crippen LogP) is 4.27. The summed E-state index contributed by atoms with van der Waals surface area (Å²) in [5.41, 5.74) is 3.21. The van der Waals surface area contributed by atoms with Gasteiger partial charge >= 0.3 is 0 Å². The Balaban J connectivity index is 1.56. The molecule has 0 bridgehead atoms. The summed E-state index contributed by atoms with van der Waals surface area (Å²) in [5, 5.41) is 3.85. The number of hydrogen-bond donors (Lipinski definition) is 1. The van der Waals surface area contributed by atoms with Crippen LogP contribution < -0.4 is 5.32 Å². The predicted molar refractivity (Wildman–Crippen MR) is 81.5 cm³/mol. The number of hydrogen-bond acceptors (Lipinski definition) is 1. The lowest BCUT2D eigenvalue weighted by Gasteiger charge is -2.31. The molecule has 1 fully saturated rings. The molecule has 1 aromatic carbocycles. The SMILES string of the molecule is CC1CCC(NCC2CCCc3ccccc32)CC1. The van der Waals surface area contributed by atoms with Crippen LogP contribution in [0, 0.1) is 5.92 Å². The number of nitrogens with one attached hydrogen (secondary N) is 1. The molecule has 1 aromatic rings. The molecule has 1 N–H and O–H groups in total. The lowest BCUT2D eigenvalue weighted by atomic mass is 9.82. The first-order chi connectivity index (χ1) is 9.33. The molecule has 0 spiro atoms. The van der Waals surface area contributed by atoms with Gasteiger partial charge in [0.15, 0.2) is 0 Å². The molecule has 2 aliphatic carbocycles. The Labute approximate surface area is 117 Å². The second-order valence-electron chi connectivity index (χ2n) is 6.65. The summed E-state index contributed by atoms with van der Waals surface area (Å²) in [6.45, 7) is 3.59. The summed E-state index contributed by atoms with van der Waals surface area (Å²) < 4.78 is 0. The van der Waals surface area contributed by atoms with Crippen LogP contribution >= 0.6 is 0 Å². The van der Waals surface area contributed by atoms with Gasteiger partial charge in [0, 0.05) is 12.6 Å². The summed E-state index contributed by atoms with van der Waals surface area (Å²) in [4.78, 5) is 0. The van der Waals surface area contributed by atoms with Crippen molar-refractivity contribution in [2.45, 2.75) is 63.8 Å². The van der Waals surface area contributed by atoms with Crippen molar-refractivity contribution in [2.75, 3.05) is 6.54 Å². The van der Waals surface area contributed by atoms with E-state index in [0.717, 1.165) is 17.9 Å². The van der Waals surface area contributed by atoms with E-state index in [0.29, 0.717) is 0 Å². The Bertz CT molecular complexity index is 404. The molecule has 1 nitrogen and oxygen atoms in total. The third kappa shape index (κ3) is 3.20. The van der Waals surface area contributed by atoms with Gasteiger partial charge in [0.25, 0.3) is 0 Å². The molecule has 1 atom stereocenters. The van der Waals surface area contributed by atoms with Crippen LogP contribution in [0.4, 0.5) is 0 Å². The second kappa shape index (κ2) is 6.09. The molecule has 1 saturated carbocycles. The van der Waals surface area contributed by atoms with Crippen molar-refractivity contribution in [2.24, 2.45) is 5.92 Å². The number of aryl methyl sites for hydroxylation is 1. The van der Waals surface area contributed by atoms with Gasteiger partial charge in [-0.15, -0.1) is 0 Å². The smallest absolute Gasteiger partial charge is 0.00675 e. The average molecular weight is 257 g/mol. The minimum atomic E-state index is 0.754. The summed E-state index contributed by atoms with van der Waals surface area (Å²) in [6.07, 6.45) is 9.62. The fourth-order valence-electron chi connectivity index (χ4n) is 3.84. The second-order valence-corrected chi connectivity index (χ2v) is 6.65. The molecule has 3 rings (SSSR count). The maximum atomic E-state index is 3.85. The largest absolute Gasteiger partial charge is 0.313 e. The Kier molecular flexibility index (Phi) is 4.22. The lowest BCUT2D eigenvalue weighted by molar-refractivity contribution is 0.300. The van der Waals surface area contributed by atoms with Crippen LogP contribution in [-0.2, 0) is 6.42 Å². The minimum absolute atomic E-state index is 0.754. The highest BCUT2D eigenvalue weighted by atomic mass is 14.9. The van der Waals surface area contributed by atoms with Gasteiger partial charge in [-0.05, 0) is 67.9 Å². The van der Waals surface area contributed by atoms with E-state index in [1.54, 1.807) is 11.1 Å². The number of rotatable bonds is 3. The molecule has 1 heteroatoms. The van der Waals surface area contributed by atoms with Crippen LogP contribution in [0.2, 0.25) is 0 Å². The fraction of sp³-hybridized carbons (Fsp3) is 0.667. The summed E-state index contributed by atoms with van der Waals surface area (Å²) in [6, 6.07) is 9.86. The topological polar surface area (TPSA) is 12.0 Å². The molecule has 0 heterocycles. The van der Waals surface area contributed by atoms with Gasteiger partial charge in [0.05, 0.1) is 0 Å². The zero-order valence-corrected chi connectivity index (χ0v) is 12.2. The Morgan fingerprint density at radius 3 is 2.68 bits per heavy atom. The Morgan fingerprint density at radius 2 is 1.84 bits per heavy atom. The van der Waals surface area contributed by atoms with Crippen molar-refractivity contribution >= 4 is 0 Å². The minimum Gasteiger partial charge on any atom is -0.313 e. The van der Waals surface area contributed by atoms with Crippen LogP contribution in [0.5, 0.6) is 0 Å². The van der Waals surface area contributed by atoms with E-state index in [1.807, 2.05) is 0 Å². The van der Waals surface area contributed by atoms with Crippen LogP contribution in [0.1, 0.15) is 62.5 Å². The molecule has 0 radical (unpaired) electrons. The molecule has 1 unspecified atom stereocenters. The van der Waals surface area contributed by atoms with E-state index in [4.69, 9.17) is 0 Å². The maximum absolute atomic E-state index is 3.85. The van der Waals surface area contributed by atoms with Gasteiger partial charge < -0.3 is 5.32 Å². The van der Waals surface area contributed by atoms with Crippen molar-refractivity contribution in [3.05, 3.63) is 35.4 Å². The maximum Gasteiger partial charge on any atom is 0.00675 e. The average Bonchev–Trinajstić information content (AvgIpc) is 2.47. The first kappa shape index (κ1) is 13.2. The molecule has 19 heavy (non-hydrogen) atoms. The molecule has 0 aliphatic heterocycles. The Morgan fingerprint density at radius 1 is 1.05 bits per heavy atom.